The summed E-state index contributed by atoms with van der Waals surface area (Å²) in [4.78, 5) is 38.5. The van der Waals surface area contributed by atoms with Crippen LogP contribution in [0.5, 0.6) is 0 Å². The third-order valence-electron chi connectivity index (χ3n) is 7.64. The van der Waals surface area contributed by atoms with Gasteiger partial charge in [0.1, 0.15) is 0 Å². The Kier molecular flexibility index (Phi) is 3.07. The van der Waals surface area contributed by atoms with Gasteiger partial charge in [-0.2, -0.15) is 13.2 Å². The second-order valence-electron chi connectivity index (χ2n) is 9.30. The molecule has 142 valence electrons. The van der Waals surface area contributed by atoms with Crippen molar-refractivity contribution in [1.82, 2.24) is 10.2 Å². The molecule has 0 radical (unpaired) electrons. The topological polar surface area (TPSA) is 66.5 Å². The van der Waals surface area contributed by atoms with Crippen LogP contribution in [0.3, 0.4) is 0 Å². The maximum Gasteiger partial charge on any atom is 0.394 e. The first-order valence-corrected chi connectivity index (χ1v) is 9.33. The van der Waals surface area contributed by atoms with Crippen molar-refractivity contribution in [3.05, 3.63) is 0 Å². The van der Waals surface area contributed by atoms with Crippen LogP contribution >= 0.6 is 0 Å². The number of nitrogens with zero attached hydrogens (tertiary/aromatic N) is 1. The molecule has 2 heterocycles. The minimum Gasteiger partial charge on any atom is -0.341 e. The Balaban J connectivity index is 1.44. The van der Waals surface area contributed by atoms with Gasteiger partial charge in [-0.3, -0.25) is 19.7 Å². The molecule has 0 aromatic carbocycles. The minimum absolute atomic E-state index is 0.0474. The molecule has 0 aromatic heterocycles. The van der Waals surface area contributed by atoms with E-state index in [4.69, 9.17) is 0 Å². The minimum atomic E-state index is -4.28. The number of nitrogens with one attached hydrogen (secondary N) is 1. The van der Waals surface area contributed by atoms with Crippen molar-refractivity contribution < 1.29 is 27.6 Å². The van der Waals surface area contributed by atoms with Crippen molar-refractivity contribution in [3.63, 3.8) is 0 Å². The van der Waals surface area contributed by atoms with Crippen LogP contribution < -0.4 is 5.32 Å². The standard InChI is InChI=1S/C18H21F3N2O3/c19-18(20,21)17-4-9-1-10(5-17)3-16(2-9,8-17)15(26)23-6-11-12(7-23)14(25)22-13(11)24/h9-12H,1-8H2,(H,22,24,25)/t9?,10?,11-,12+,16?,17?. The summed E-state index contributed by atoms with van der Waals surface area (Å²) >= 11 is 0. The van der Waals surface area contributed by atoms with Crippen molar-refractivity contribution >= 4 is 17.7 Å². The number of carbonyl (C=O) groups is 3. The molecule has 2 aliphatic heterocycles. The van der Waals surface area contributed by atoms with E-state index in [-0.39, 0.29) is 61.9 Å². The van der Waals surface area contributed by atoms with Gasteiger partial charge in [-0.25, -0.2) is 0 Å². The molecule has 5 nitrogen and oxygen atoms in total. The molecule has 4 aliphatic carbocycles. The predicted octanol–water partition coefficient (Wildman–Crippen LogP) is 1.87. The molecule has 4 bridgehead atoms. The number of likely N-dealkylation sites (tertiary alicyclic amines) is 1. The van der Waals surface area contributed by atoms with Crippen LogP contribution in [0, 0.1) is 34.5 Å². The van der Waals surface area contributed by atoms with E-state index >= 15 is 0 Å². The van der Waals surface area contributed by atoms with Crippen molar-refractivity contribution in [2.75, 3.05) is 13.1 Å². The summed E-state index contributed by atoms with van der Waals surface area (Å²) in [6.45, 7) is 0.300. The highest BCUT2D eigenvalue weighted by Gasteiger charge is 2.69. The summed E-state index contributed by atoms with van der Waals surface area (Å²) in [5, 5.41) is 2.27. The van der Waals surface area contributed by atoms with Crippen LogP contribution in [0.4, 0.5) is 13.2 Å². The third-order valence-corrected chi connectivity index (χ3v) is 7.64. The monoisotopic (exact) mass is 370 g/mol. The predicted molar refractivity (Wildman–Crippen MR) is 82.3 cm³/mol. The molecular weight excluding hydrogens is 349 g/mol. The lowest BCUT2D eigenvalue weighted by Crippen LogP contribution is -2.61. The first-order chi connectivity index (χ1) is 12.1. The lowest BCUT2D eigenvalue weighted by molar-refractivity contribution is -0.284. The zero-order valence-electron chi connectivity index (χ0n) is 14.3. The van der Waals surface area contributed by atoms with Gasteiger partial charge in [0, 0.05) is 13.1 Å². The van der Waals surface area contributed by atoms with E-state index in [0.717, 1.165) is 6.42 Å². The lowest BCUT2D eigenvalue weighted by Gasteiger charge is -2.61. The maximum atomic E-state index is 13.9. The molecule has 6 fully saturated rings. The first-order valence-electron chi connectivity index (χ1n) is 9.33. The van der Waals surface area contributed by atoms with E-state index in [1.54, 1.807) is 0 Å². The van der Waals surface area contributed by atoms with E-state index in [9.17, 15) is 27.6 Å². The summed E-state index contributed by atoms with van der Waals surface area (Å²) < 4.78 is 41.6. The van der Waals surface area contributed by atoms with E-state index in [1.807, 2.05) is 0 Å². The molecule has 2 saturated heterocycles. The molecule has 2 unspecified atom stereocenters. The number of hydrogen-bond donors (Lipinski definition) is 1. The average Bonchev–Trinajstić information content (AvgIpc) is 3.06. The third kappa shape index (κ3) is 2.01. The Hall–Kier alpha value is -1.60. The van der Waals surface area contributed by atoms with Crippen LogP contribution in [0.1, 0.15) is 38.5 Å². The van der Waals surface area contributed by atoms with Gasteiger partial charge in [0.2, 0.25) is 17.7 Å². The van der Waals surface area contributed by atoms with Gasteiger partial charge in [-0.15, -0.1) is 0 Å². The lowest BCUT2D eigenvalue weighted by atomic mass is 9.43. The summed E-state index contributed by atoms with van der Waals surface area (Å²) in [6, 6.07) is 0. The second-order valence-corrected chi connectivity index (χ2v) is 9.30. The second kappa shape index (κ2) is 4.81. The molecule has 26 heavy (non-hydrogen) atoms. The van der Waals surface area contributed by atoms with E-state index in [0.29, 0.717) is 12.8 Å². The highest BCUT2D eigenvalue weighted by atomic mass is 19.4. The van der Waals surface area contributed by atoms with E-state index in [2.05, 4.69) is 5.32 Å². The van der Waals surface area contributed by atoms with Gasteiger partial charge < -0.3 is 4.90 Å². The zero-order valence-corrected chi connectivity index (χ0v) is 14.3. The molecule has 4 atom stereocenters. The zero-order chi connectivity index (χ0) is 18.5. The number of carbonyl (C=O) groups excluding carboxylic acids is 3. The summed E-state index contributed by atoms with van der Waals surface area (Å²) in [5.74, 6) is -2.17. The van der Waals surface area contributed by atoms with Crippen molar-refractivity contribution in [2.24, 2.45) is 34.5 Å². The van der Waals surface area contributed by atoms with Crippen LogP contribution in [0.15, 0.2) is 0 Å². The van der Waals surface area contributed by atoms with Gasteiger partial charge in [0.15, 0.2) is 0 Å². The molecule has 3 amide bonds. The Labute approximate surface area is 148 Å². The molecule has 8 heteroatoms. The molecular formula is C18H21F3N2O3. The Morgan fingerprint density at radius 2 is 1.54 bits per heavy atom. The van der Waals surface area contributed by atoms with E-state index in [1.165, 1.54) is 4.90 Å². The van der Waals surface area contributed by atoms with Crippen molar-refractivity contribution in [3.8, 4) is 0 Å². The Morgan fingerprint density at radius 1 is 1.00 bits per heavy atom. The normalized spacial score (nSPS) is 46.7. The highest BCUT2D eigenvalue weighted by molar-refractivity contribution is 6.06. The Bertz CT molecular complexity index is 683. The van der Waals surface area contributed by atoms with Crippen LogP contribution in [-0.2, 0) is 14.4 Å². The largest absolute Gasteiger partial charge is 0.394 e. The van der Waals surface area contributed by atoms with Crippen molar-refractivity contribution in [1.29, 1.82) is 0 Å². The number of alkyl halides is 3. The molecule has 6 rings (SSSR count). The first kappa shape index (κ1) is 16.6. The summed E-state index contributed by atoms with van der Waals surface area (Å²) in [6.07, 6.45) is -2.28. The number of imide groups is 1. The van der Waals surface area contributed by atoms with Gasteiger partial charge in [-0.05, 0) is 50.4 Å². The fraction of sp³-hybridized carbons (Fsp3) is 0.833. The summed E-state index contributed by atoms with van der Waals surface area (Å²) in [5.41, 5.74) is -2.69. The highest BCUT2D eigenvalue weighted by Crippen LogP contribution is 2.69. The number of amides is 3. The van der Waals surface area contributed by atoms with Gasteiger partial charge in [0.05, 0.1) is 22.7 Å². The fourth-order valence-electron chi connectivity index (χ4n) is 6.99. The van der Waals surface area contributed by atoms with Crippen LogP contribution in [0.2, 0.25) is 0 Å². The van der Waals surface area contributed by atoms with Crippen LogP contribution in [-0.4, -0.2) is 41.9 Å². The van der Waals surface area contributed by atoms with Gasteiger partial charge >= 0.3 is 6.18 Å². The van der Waals surface area contributed by atoms with Gasteiger partial charge in [0.25, 0.3) is 0 Å². The molecule has 0 spiro atoms. The smallest absolute Gasteiger partial charge is 0.341 e. The fourth-order valence-corrected chi connectivity index (χ4v) is 6.99. The maximum absolute atomic E-state index is 13.9. The van der Waals surface area contributed by atoms with Gasteiger partial charge in [-0.1, -0.05) is 0 Å². The number of halogens is 3. The van der Waals surface area contributed by atoms with Crippen molar-refractivity contribution in [2.45, 2.75) is 44.7 Å². The molecule has 6 aliphatic rings. The number of rotatable bonds is 1. The summed E-state index contributed by atoms with van der Waals surface area (Å²) in [7, 11) is 0. The average molecular weight is 370 g/mol. The molecule has 1 N–H and O–H groups in total. The SMILES string of the molecule is O=C1NC(=O)[C@@H]2CN(C(=O)C34CC5CC(C3)CC(C(F)(F)F)(C5)C4)C[C@H]12. The van der Waals surface area contributed by atoms with Crippen LogP contribution in [0.25, 0.3) is 0 Å². The number of fused-ring (bicyclic) bond motifs is 1. The Morgan fingerprint density at radius 3 is 2.04 bits per heavy atom. The van der Waals surface area contributed by atoms with E-state index < -0.39 is 28.8 Å². The molecule has 4 saturated carbocycles. The molecule has 0 aromatic rings. The number of hydrogen-bond acceptors (Lipinski definition) is 3. The quantitative estimate of drug-likeness (QED) is 0.717.